The molecule has 2 aromatic heterocycles. The molecule has 0 aliphatic rings. The predicted molar refractivity (Wildman–Crippen MR) is 110 cm³/mol. The number of carbonyl (C=O) groups is 1. The number of amides is 1. The molecule has 10 heteroatoms. The van der Waals surface area contributed by atoms with Crippen LogP contribution in [0.4, 0.5) is 5.13 Å². The minimum absolute atomic E-state index is 0.108. The predicted octanol–water partition coefficient (Wildman–Crippen LogP) is 3.08. The molecule has 28 heavy (non-hydrogen) atoms. The average Bonchev–Trinajstić information content (AvgIpc) is 3.26. The molecule has 148 valence electrons. The van der Waals surface area contributed by atoms with E-state index >= 15 is 0 Å². The van der Waals surface area contributed by atoms with Gasteiger partial charge in [0.05, 0.1) is 12.4 Å². The maximum absolute atomic E-state index is 12.6. The van der Waals surface area contributed by atoms with E-state index in [1.807, 2.05) is 49.7 Å². The summed E-state index contributed by atoms with van der Waals surface area (Å²) in [5.74, 6) is 1.55. The van der Waals surface area contributed by atoms with Gasteiger partial charge in [0.15, 0.2) is 5.16 Å². The van der Waals surface area contributed by atoms with Gasteiger partial charge in [0.1, 0.15) is 16.6 Å². The molecular weight excluding hydrogens is 396 g/mol. The summed E-state index contributed by atoms with van der Waals surface area (Å²) < 4.78 is 7.12. The number of ether oxygens (including phenoxy) is 1. The van der Waals surface area contributed by atoms with Crippen molar-refractivity contribution in [1.29, 1.82) is 0 Å². The van der Waals surface area contributed by atoms with Gasteiger partial charge in [-0.1, -0.05) is 42.2 Å². The zero-order valence-electron chi connectivity index (χ0n) is 16.2. The number of hydrogen-bond donors (Lipinski definition) is 1. The molecule has 2 heterocycles. The SMILES string of the molecule is CCC(Sc1nnc(Cc2ccc(OC)cc2)n1C)C(=O)Nc1nnc(C)s1. The van der Waals surface area contributed by atoms with Gasteiger partial charge < -0.3 is 9.30 Å². The second kappa shape index (κ2) is 9.16. The molecule has 0 radical (unpaired) electrons. The van der Waals surface area contributed by atoms with Gasteiger partial charge in [-0.3, -0.25) is 10.1 Å². The quantitative estimate of drug-likeness (QED) is 0.562. The number of rotatable bonds is 8. The highest BCUT2D eigenvalue weighted by molar-refractivity contribution is 8.00. The van der Waals surface area contributed by atoms with E-state index < -0.39 is 0 Å². The first kappa shape index (κ1) is 20.3. The van der Waals surface area contributed by atoms with Crippen LogP contribution >= 0.6 is 23.1 Å². The summed E-state index contributed by atoms with van der Waals surface area (Å²) >= 11 is 2.76. The summed E-state index contributed by atoms with van der Waals surface area (Å²) in [4.78, 5) is 12.6. The van der Waals surface area contributed by atoms with Crippen molar-refractivity contribution in [1.82, 2.24) is 25.0 Å². The number of methoxy groups -OCH3 is 1. The van der Waals surface area contributed by atoms with E-state index in [2.05, 4.69) is 25.7 Å². The highest BCUT2D eigenvalue weighted by atomic mass is 32.2. The van der Waals surface area contributed by atoms with Gasteiger partial charge in [-0.15, -0.1) is 20.4 Å². The number of hydrogen-bond acceptors (Lipinski definition) is 8. The first-order valence-electron chi connectivity index (χ1n) is 8.79. The van der Waals surface area contributed by atoms with Gasteiger partial charge >= 0.3 is 0 Å². The third kappa shape index (κ3) is 4.87. The number of aromatic nitrogens is 5. The molecule has 0 spiro atoms. The molecule has 0 fully saturated rings. The summed E-state index contributed by atoms with van der Waals surface area (Å²) in [6, 6.07) is 7.86. The number of nitrogens with one attached hydrogen (secondary N) is 1. The van der Waals surface area contributed by atoms with Gasteiger partial charge in [0.2, 0.25) is 11.0 Å². The van der Waals surface area contributed by atoms with E-state index in [0.29, 0.717) is 23.1 Å². The van der Waals surface area contributed by atoms with Crippen LogP contribution in [-0.4, -0.2) is 43.2 Å². The maximum Gasteiger partial charge on any atom is 0.239 e. The smallest absolute Gasteiger partial charge is 0.239 e. The molecule has 0 saturated heterocycles. The van der Waals surface area contributed by atoms with Crippen molar-refractivity contribution in [3.63, 3.8) is 0 Å². The lowest BCUT2D eigenvalue weighted by Crippen LogP contribution is -2.25. The second-order valence-electron chi connectivity index (χ2n) is 6.11. The Morgan fingerprint density at radius 2 is 2.00 bits per heavy atom. The van der Waals surface area contributed by atoms with Crippen molar-refractivity contribution >= 4 is 34.1 Å². The van der Waals surface area contributed by atoms with Crippen LogP contribution in [0.15, 0.2) is 29.4 Å². The van der Waals surface area contributed by atoms with E-state index in [0.717, 1.165) is 22.1 Å². The number of benzene rings is 1. The minimum atomic E-state index is -0.291. The molecule has 1 amide bonds. The van der Waals surface area contributed by atoms with Crippen molar-refractivity contribution < 1.29 is 9.53 Å². The van der Waals surface area contributed by atoms with Crippen LogP contribution in [0, 0.1) is 6.92 Å². The molecule has 0 bridgehead atoms. The van der Waals surface area contributed by atoms with E-state index in [1.165, 1.54) is 23.1 Å². The van der Waals surface area contributed by atoms with Crippen molar-refractivity contribution in [3.05, 3.63) is 40.7 Å². The fraction of sp³-hybridized carbons (Fsp3) is 0.389. The molecule has 3 rings (SSSR count). The first-order valence-corrected chi connectivity index (χ1v) is 10.5. The number of anilines is 1. The van der Waals surface area contributed by atoms with E-state index in [1.54, 1.807) is 7.11 Å². The van der Waals surface area contributed by atoms with Gasteiger partial charge in [-0.05, 0) is 31.0 Å². The molecule has 0 aliphatic carbocycles. The zero-order valence-corrected chi connectivity index (χ0v) is 17.8. The lowest BCUT2D eigenvalue weighted by Gasteiger charge is -2.12. The van der Waals surface area contributed by atoms with Gasteiger partial charge in [0, 0.05) is 13.5 Å². The average molecular weight is 419 g/mol. The molecule has 0 saturated carbocycles. The summed E-state index contributed by atoms with van der Waals surface area (Å²) in [5.41, 5.74) is 1.12. The monoisotopic (exact) mass is 418 g/mol. The van der Waals surface area contributed by atoms with Crippen LogP contribution in [0.1, 0.15) is 29.7 Å². The van der Waals surface area contributed by atoms with Crippen LogP contribution in [0.3, 0.4) is 0 Å². The third-order valence-electron chi connectivity index (χ3n) is 4.11. The minimum Gasteiger partial charge on any atom is -0.497 e. The van der Waals surface area contributed by atoms with Crippen LogP contribution < -0.4 is 10.1 Å². The standard InChI is InChI=1S/C18H22N6O2S2/c1-5-14(16(25)19-17-22-20-11(2)27-17)28-18-23-21-15(24(18)3)10-12-6-8-13(26-4)9-7-12/h6-9,14H,5,10H2,1-4H3,(H,19,22,25). The molecule has 1 unspecified atom stereocenters. The van der Waals surface area contributed by atoms with Crippen molar-refractivity contribution in [2.24, 2.45) is 7.05 Å². The normalized spacial score (nSPS) is 12.0. The fourth-order valence-corrected chi connectivity index (χ4v) is 4.04. The number of thioether (sulfide) groups is 1. The third-order valence-corrected chi connectivity index (χ3v) is 6.27. The number of carbonyl (C=O) groups excluding carboxylic acids is 1. The summed E-state index contributed by atoms with van der Waals surface area (Å²) in [6.45, 7) is 3.82. The summed E-state index contributed by atoms with van der Waals surface area (Å²) in [6.07, 6.45) is 1.32. The largest absolute Gasteiger partial charge is 0.497 e. The maximum atomic E-state index is 12.6. The molecule has 1 atom stereocenters. The summed E-state index contributed by atoms with van der Waals surface area (Å²) in [5, 5.41) is 21.0. The Morgan fingerprint density at radius 3 is 2.61 bits per heavy atom. The Bertz CT molecular complexity index is 938. The molecule has 3 aromatic rings. The Morgan fingerprint density at radius 1 is 1.25 bits per heavy atom. The topological polar surface area (TPSA) is 94.8 Å². The van der Waals surface area contributed by atoms with E-state index in [-0.39, 0.29) is 11.2 Å². The molecule has 8 nitrogen and oxygen atoms in total. The number of nitrogens with zero attached hydrogens (tertiary/aromatic N) is 5. The highest BCUT2D eigenvalue weighted by Gasteiger charge is 2.22. The second-order valence-corrected chi connectivity index (χ2v) is 8.46. The zero-order chi connectivity index (χ0) is 20.1. The Kier molecular flexibility index (Phi) is 6.63. The van der Waals surface area contributed by atoms with E-state index in [9.17, 15) is 4.79 Å². The van der Waals surface area contributed by atoms with Gasteiger partial charge in [-0.2, -0.15) is 0 Å². The molecule has 0 aliphatic heterocycles. The molecule has 1 aromatic carbocycles. The van der Waals surface area contributed by atoms with Crippen LogP contribution in [0.5, 0.6) is 5.75 Å². The molecular formula is C18H22N6O2S2. The lowest BCUT2D eigenvalue weighted by atomic mass is 10.1. The van der Waals surface area contributed by atoms with Crippen molar-refractivity contribution in [2.45, 2.75) is 37.1 Å². The van der Waals surface area contributed by atoms with Gasteiger partial charge in [-0.25, -0.2) is 0 Å². The number of aryl methyl sites for hydroxylation is 1. The van der Waals surface area contributed by atoms with Gasteiger partial charge in [0.25, 0.3) is 0 Å². The lowest BCUT2D eigenvalue weighted by molar-refractivity contribution is -0.115. The van der Waals surface area contributed by atoms with Crippen LogP contribution in [0.2, 0.25) is 0 Å². The highest BCUT2D eigenvalue weighted by Crippen LogP contribution is 2.26. The molecule has 1 N–H and O–H groups in total. The van der Waals surface area contributed by atoms with Crippen LogP contribution in [0.25, 0.3) is 0 Å². The van der Waals surface area contributed by atoms with E-state index in [4.69, 9.17) is 4.74 Å². The van der Waals surface area contributed by atoms with Crippen molar-refractivity contribution in [2.75, 3.05) is 12.4 Å². The Balaban J connectivity index is 1.66. The van der Waals surface area contributed by atoms with Crippen molar-refractivity contribution in [3.8, 4) is 5.75 Å². The fourth-order valence-electron chi connectivity index (χ4n) is 2.51. The summed E-state index contributed by atoms with van der Waals surface area (Å²) in [7, 11) is 3.56. The first-order chi connectivity index (χ1) is 13.5. The Hall–Kier alpha value is -2.46. The Labute approximate surface area is 171 Å². The van der Waals surface area contributed by atoms with Crippen LogP contribution in [-0.2, 0) is 18.3 Å².